The summed E-state index contributed by atoms with van der Waals surface area (Å²) in [6.07, 6.45) is 17.1. The summed E-state index contributed by atoms with van der Waals surface area (Å²) in [6.45, 7) is 17.8. The molecule has 0 radical (unpaired) electrons. The van der Waals surface area contributed by atoms with Gasteiger partial charge in [0.15, 0.2) is 0 Å². The molecule has 0 saturated carbocycles. The SMILES string of the molecule is C=C=C=C=C=C=C=C=C=COC(CO)COCC(COC(COCC(O)CO)COCC(C)(COCC(CO)OCC(COCC(COCC(O)COCC(C)O)OCC(CO)OCCCCCCCCCC)OCC(CCOCC(C)O)OCCCCCCCCCC)COCC(CCOCCCCCCCCCC)OCC(C)O)OCC(O)CCCC(O)COCC(C)O. The van der Waals surface area contributed by atoms with Crippen LogP contribution in [0.2, 0.25) is 0 Å². The van der Waals surface area contributed by atoms with Crippen molar-refractivity contribution in [1.29, 1.82) is 0 Å². The lowest BCUT2D eigenvalue weighted by atomic mass is 9.94. The van der Waals surface area contributed by atoms with Crippen LogP contribution in [0.5, 0.6) is 0 Å². The standard InChI is InChI=1S/C99H182O32/c1-10-14-18-22-26-30-34-38-47-112-51-45-90(126-60-85(8)107)66-120-79-99(9,81-122-74-96(70-116-62-88(110)53-100)131-78-97(127-65-87(109)44-42-43-86(108)61-114-58-83(6)105)72-118-67-92(54-101)124-49-40-36-32-28-24-20-16-12-3)80-121-68-93(55-102)128-77-98(129-75-91(46-52-113-57-82(5)104)123-48-39-35-31-27-23-19-15-11-2)73-119-71-95(69-117-64-89(111)63-115-59-84(7)106)130-76-94(56-103)125-50-41-37-33-29-25-21-17-13-4/h49,82-98,100-111H,3,10-11,13-15,17-19,21-23,25-27,29-31,33-35,37-39,41-48,50-81H2,1-2,4-9H3. The van der Waals surface area contributed by atoms with Crippen molar-refractivity contribution in [2.45, 2.75) is 345 Å². The molecule has 0 aromatic heterocycles. The molecule has 0 bridgehead atoms. The van der Waals surface area contributed by atoms with Crippen molar-refractivity contribution in [3.8, 4) is 0 Å². The van der Waals surface area contributed by atoms with Crippen molar-refractivity contribution in [3.05, 3.63) is 58.7 Å². The Hall–Kier alpha value is -3.46. The molecule has 0 aliphatic heterocycles. The van der Waals surface area contributed by atoms with E-state index in [2.05, 4.69) is 73.2 Å². The van der Waals surface area contributed by atoms with Gasteiger partial charge in [0, 0.05) is 38.4 Å². The van der Waals surface area contributed by atoms with Crippen LogP contribution in [0.4, 0.5) is 0 Å². The summed E-state index contributed by atoms with van der Waals surface area (Å²) in [5, 5.41) is 124. The predicted octanol–water partition coefficient (Wildman–Crippen LogP) is 9.34. The molecule has 0 rings (SSSR count). The molecule has 0 amide bonds. The molecular weight excluding hydrogens is 1700 g/mol. The van der Waals surface area contributed by atoms with Crippen LogP contribution in [0.25, 0.3) is 0 Å². The normalized spacial score (nSPS) is 16.1. The summed E-state index contributed by atoms with van der Waals surface area (Å²) in [5.74, 6) is 0. The van der Waals surface area contributed by atoms with Gasteiger partial charge in [0.2, 0.25) is 0 Å². The first kappa shape index (κ1) is 128. The quantitative estimate of drug-likeness (QED) is 0.0153. The molecule has 32 nitrogen and oxygen atoms in total. The smallest absolute Gasteiger partial charge is 0.145 e. The molecule has 12 N–H and O–H groups in total. The molecule has 131 heavy (non-hydrogen) atoms. The molecular formula is C99H182O32. The second kappa shape index (κ2) is 94.2. The van der Waals surface area contributed by atoms with Crippen LogP contribution >= 0.6 is 0 Å². The van der Waals surface area contributed by atoms with E-state index >= 15 is 0 Å². The summed E-state index contributed by atoms with van der Waals surface area (Å²) in [7, 11) is 0. The van der Waals surface area contributed by atoms with E-state index in [-0.39, 0.29) is 178 Å². The number of rotatable bonds is 101. The van der Waals surface area contributed by atoms with E-state index in [0.29, 0.717) is 58.7 Å². The second-order valence-corrected chi connectivity index (χ2v) is 34.6. The number of aliphatic hydroxyl groups is 12. The number of hydrogen-bond acceptors (Lipinski definition) is 32. The van der Waals surface area contributed by atoms with Gasteiger partial charge in [0.25, 0.3) is 0 Å². The van der Waals surface area contributed by atoms with Gasteiger partial charge in [-0.15, -0.1) is 0 Å². The average molecular weight is 1880 g/mol. The minimum atomic E-state index is -1.21. The minimum Gasteiger partial charge on any atom is -0.484 e. The number of ether oxygens (including phenoxy) is 20. The van der Waals surface area contributed by atoms with E-state index in [0.717, 1.165) is 64.2 Å². The molecule has 0 aromatic carbocycles. The fraction of sp³-hybridized carbons (Fsp3) is 0.899. The minimum absolute atomic E-state index is 0.0157. The Morgan fingerprint density at radius 3 is 1.03 bits per heavy atom. The Bertz CT molecular complexity index is 2780. The van der Waals surface area contributed by atoms with E-state index in [1.807, 2.05) is 6.92 Å². The predicted molar refractivity (Wildman–Crippen MR) is 498 cm³/mol. The van der Waals surface area contributed by atoms with Gasteiger partial charge in [-0.05, 0) is 126 Å². The summed E-state index contributed by atoms with van der Waals surface area (Å²) < 4.78 is 123. The Balaban J connectivity index is 7.52. The molecule has 0 aliphatic rings. The third kappa shape index (κ3) is 86.6. The molecule has 32 heteroatoms. The molecule has 0 aromatic rings. The van der Waals surface area contributed by atoms with Crippen molar-refractivity contribution in [1.82, 2.24) is 0 Å². The van der Waals surface area contributed by atoms with Gasteiger partial charge in [-0.3, -0.25) is 0 Å². The molecule has 0 spiro atoms. The maximum absolute atomic E-state index is 11.2. The molecule has 0 heterocycles. The van der Waals surface area contributed by atoms with Gasteiger partial charge in [-0.1, -0.05) is 168 Å². The second-order valence-electron chi connectivity index (χ2n) is 34.6. The van der Waals surface area contributed by atoms with Crippen molar-refractivity contribution >= 4 is 0 Å². The highest BCUT2D eigenvalue weighted by molar-refractivity contribution is 4.89. The zero-order chi connectivity index (χ0) is 96.4. The molecule has 0 fully saturated rings. The third-order valence-electron chi connectivity index (χ3n) is 20.3. The van der Waals surface area contributed by atoms with Crippen LogP contribution in [-0.2, 0) is 94.7 Å². The van der Waals surface area contributed by atoms with Crippen molar-refractivity contribution in [2.75, 3.05) is 225 Å². The first-order chi connectivity index (χ1) is 63.6. The van der Waals surface area contributed by atoms with Gasteiger partial charge >= 0.3 is 0 Å². The zero-order valence-electron chi connectivity index (χ0n) is 81.7. The lowest BCUT2D eigenvalue weighted by molar-refractivity contribution is -0.146. The van der Waals surface area contributed by atoms with Gasteiger partial charge in [0.1, 0.15) is 61.2 Å². The maximum Gasteiger partial charge on any atom is 0.145 e. The summed E-state index contributed by atoms with van der Waals surface area (Å²) in [6, 6.07) is 0. The highest BCUT2D eigenvalue weighted by Gasteiger charge is 2.31. The molecule has 18 unspecified atom stereocenters. The number of unbranched alkanes of at least 4 members (excludes halogenated alkanes) is 21. The number of aliphatic hydroxyl groups excluding tert-OH is 12. The van der Waals surface area contributed by atoms with Crippen LogP contribution in [0.1, 0.15) is 242 Å². The highest BCUT2D eigenvalue weighted by atomic mass is 16.6. The summed E-state index contributed by atoms with van der Waals surface area (Å²) in [4.78, 5) is 0. The summed E-state index contributed by atoms with van der Waals surface area (Å²) >= 11 is 0. The van der Waals surface area contributed by atoms with E-state index in [1.165, 1.54) is 96.2 Å². The van der Waals surface area contributed by atoms with Gasteiger partial charge in [-0.2, -0.15) is 0 Å². The Kier molecular flexibility index (Phi) is 91.7. The van der Waals surface area contributed by atoms with Crippen molar-refractivity contribution < 1.29 is 156 Å². The van der Waals surface area contributed by atoms with E-state index in [4.69, 9.17) is 94.7 Å². The van der Waals surface area contributed by atoms with E-state index in [1.54, 1.807) is 27.7 Å². The monoisotopic (exact) mass is 1880 g/mol. The Morgan fingerprint density at radius 2 is 0.565 bits per heavy atom. The zero-order valence-corrected chi connectivity index (χ0v) is 81.7. The van der Waals surface area contributed by atoms with E-state index < -0.39 is 129 Å². The Morgan fingerprint density at radius 1 is 0.252 bits per heavy atom. The van der Waals surface area contributed by atoms with Gasteiger partial charge in [-0.25, -0.2) is 0 Å². The highest BCUT2D eigenvalue weighted by Crippen LogP contribution is 2.22. The summed E-state index contributed by atoms with van der Waals surface area (Å²) in [5.41, 5.74) is 19.2. The van der Waals surface area contributed by atoms with E-state index in [9.17, 15) is 61.3 Å². The fourth-order valence-electron chi connectivity index (χ4n) is 12.8. The fourth-order valence-corrected chi connectivity index (χ4v) is 12.8. The third-order valence-corrected chi connectivity index (χ3v) is 20.3. The van der Waals surface area contributed by atoms with Crippen LogP contribution < -0.4 is 0 Å². The Labute approximate surface area is 786 Å². The maximum atomic E-state index is 11.2. The molecule has 0 aliphatic carbocycles. The molecule has 18 atom stereocenters. The topological polar surface area (TPSA) is 427 Å². The lowest BCUT2D eigenvalue weighted by Crippen LogP contribution is -2.40. The molecule has 0 saturated heterocycles. The first-order valence-electron chi connectivity index (χ1n) is 49.0. The largest absolute Gasteiger partial charge is 0.484 e. The van der Waals surface area contributed by atoms with Crippen LogP contribution in [0.15, 0.2) is 58.7 Å². The molecule has 770 valence electrons. The van der Waals surface area contributed by atoms with Crippen molar-refractivity contribution in [2.24, 2.45) is 5.41 Å². The van der Waals surface area contributed by atoms with Crippen LogP contribution in [0, 0.1) is 5.41 Å². The number of hydrogen-bond donors (Lipinski definition) is 12. The van der Waals surface area contributed by atoms with Crippen LogP contribution in [-0.4, -0.2) is 390 Å². The van der Waals surface area contributed by atoms with Gasteiger partial charge in [0.05, 0.1) is 240 Å². The van der Waals surface area contributed by atoms with Crippen LogP contribution in [0.3, 0.4) is 0 Å². The average Bonchev–Trinajstić information content (AvgIpc) is 0.883. The van der Waals surface area contributed by atoms with Gasteiger partial charge < -0.3 is 156 Å². The lowest BCUT2D eigenvalue weighted by Gasteiger charge is -2.32. The van der Waals surface area contributed by atoms with Crippen molar-refractivity contribution in [3.63, 3.8) is 0 Å². The first-order valence-corrected chi connectivity index (χ1v) is 49.0.